The molecule has 0 aliphatic rings. The number of benzene rings is 2. The Balaban J connectivity index is 2.33. The molecular formula is C26H34O. The van der Waals surface area contributed by atoms with Crippen LogP contribution in [0.15, 0.2) is 48.6 Å². The maximum Gasteiger partial charge on any atom is 0.128 e. The Labute approximate surface area is 165 Å². The van der Waals surface area contributed by atoms with Crippen molar-refractivity contribution in [3.8, 4) is 11.5 Å². The highest BCUT2D eigenvalue weighted by atomic mass is 16.5. The number of rotatable bonds is 10. The molecule has 0 spiro atoms. The van der Waals surface area contributed by atoms with Gasteiger partial charge in [-0.15, -0.1) is 0 Å². The summed E-state index contributed by atoms with van der Waals surface area (Å²) in [4.78, 5) is 0. The third-order valence-corrected chi connectivity index (χ3v) is 4.57. The van der Waals surface area contributed by atoms with Crippen LogP contribution in [0.2, 0.25) is 0 Å². The number of aryl methyl sites for hydroxylation is 2. The van der Waals surface area contributed by atoms with Crippen LogP contribution in [0.1, 0.15) is 75.6 Å². The monoisotopic (exact) mass is 362 g/mol. The summed E-state index contributed by atoms with van der Waals surface area (Å²) in [5.74, 6) is 1.85. The normalized spacial score (nSPS) is 11.6. The van der Waals surface area contributed by atoms with Gasteiger partial charge in [0.25, 0.3) is 0 Å². The van der Waals surface area contributed by atoms with Crippen molar-refractivity contribution < 1.29 is 4.74 Å². The average molecular weight is 363 g/mol. The largest absolute Gasteiger partial charge is 0.457 e. The van der Waals surface area contributed by atoms with Crippen LogP contribution >= 0.6 is 0 Å². The van der Waals surface area contributed by atoms with Gasteiger partial charge in [0.2, 0.25) is 0 Å². The fraction of sp³-hybridized carbons (Fsp3) is 0.385. The molecule has 0 aliphatic carbocycles. The molecule has 0 aliphatic heterocycles. The van der Waals surface area contributed by atoms with Crippen LogP contribution in [0.25, 0.3) is 12.2 Å². The van der Waals surface area contributed by atoms with Gasteiger partial charge in [-0.05, 0) is 86.1 Å². The van der Waals surface area contributed by atoms with Gasteiger partial charge in [0, 0.05) is 0 Å². The van der Waals surface area contributed by atoms with E-state index in [1.807, 2.05) is 0 Å². The fourth-order valence-corrected chi connectivity index (χ4v) is 3.25. The van der Waals surface area contributed by atoms with E-state index in [0.29, 0.717) is 0 Å². The van der Waals surface area contributed by atoms with Gasteiger partial charge in [0.05, 0.1) is 0 Å². The first-order chi connectivity index (χ1) is 13.2. The molecule has 2 rings (SSSR count). The van der Waals surface area contributed by atoms with Crippen molar-refractivity contribution in [3.63, 3.8) is 0 Å². The molecule has 0 bridgehead atoms. The van der Waals surface area contributed by atoms with Crippen LogP contribution in [0, 0.1) is 0 Å². The van der Waals surface area contributed by atoms with Gasteiger partial charge < -0.3 is 4.74 Å². The molecule has 0 aromatic heterocycles. The van der Waals surface area contributed by atoms with E-state index >= 15 is 0 Å². The Morgan fingerprint density at radius 1 is 0.667 bits per heavy atom. The first-order valence-electron chi connectivity index (χ1n) is 10.4. The third-order valence-electron chi connectivity index (χ3n) is 4.57. The van der Waals surface area contributed by atoms with E-state index in [1.165, 1.54) is 47.9 Å². The molecule has 1 nitrogen and oxygen atoms in total. The minimum Gasteiger partial charge on any atom is -0.457 e. The van der Waals surface area contributed by atoms with E-state index < -0.39 is 0 Å². The van der Waals surface area contributed by atoms with Crippen molar-refractivity contribution in [2.24, 2.45) is 0 Å². The molecule has 0 saturated carbocycles. The highest BCUT2D eigenvalue weighted by Crippen LogP contribution is 2.28. The number of hydrogen-bond acceptors (Lipinski definition) is 1. The summed E-state index contributed by atoms with van der Waals surface area (Å²) in [6, 6.07) is 13.2. The topological polar surface area (TPSA) is 9.23 Å². The van der Waals surface area contributed by atoms with Crippen molar-refractivity contribution in [2.75, 3.05) is 0 Å². The highest BCUT2D eigenvalue weighted by Gasteiger charge is 2.05. The Hall–Kier alpha value is -2.28. The van der Waals surface area contributed by atoms with Crippen LogP contribution in [0.3, 0.4) is 0 Å². The second-order valence-electron chi connectivity index (χ2n) is 7.13. The Morgan fingerprint density at radius 3 is 1.48 bits per heavy atom. The zero-order valence-corrected chi connectivity index (χ0v) is 17.4. The van der Waals surface area contributed by atoms with Gasteiger partial charge >= 0.3 is 0 Å². The maximum atomic E-state index is 6.33. The number of hydrogen-bond donors (Lipinski definition) is 0. The maximum absolute atomic E-state index is 6.33. The summed E-state index contributed by atoms with van der Waals surface area (Å²) in [6.45, 7) is 8.58. The van der Waals surface area contributed by atoms with Crippen LogP contribution < -0.4 is 4.74 Å². The predicted molar refractivity (Wildman–Crippen MR) is 120 cm³/mol. The summed E-state index contributed by atoms with van der Waals surface area (Å²) >= 11 is 0. The van der Waals surface area contributed by atoms with Crippen molar-refractivity contribution in [2.45, 2.75) is 66.2 Å². The third kappa shape index (κ3) is 7.09. The average Bonchev–Trinajstić information content (AvgIpc) is 2.65. The minimum atomic E-state index is 0.927. The second kappa shape index (κ2) is 11.4. The van der Waals surface area contributed by atoms with Crippen molar-refractivity contribution in [1.82, 2.24) is 0 Å². The Bertz CT molecular complexity index is 702. The van der Waals surface area contributed by atoms with Crippen LogP contribution in [-0.2, 0) is 12.8 Å². The molecule has 0 fully saturated rings. The lowest BCUT2D eigenvalue weighted by molar-refractivity contribution is 0.480. The standard InChI is InChI=1S/C26H34O/c1-5-9-13-23-15-21(11-7-3)17-25(19-23)27-26-18-22(12-8-4)16-24(20-26)14-10-6-2/h7-8,11-12,15-20H,5-6,9-10,13-14H2,1-4H3. The fourth-order valence-electron chi connectivity index (χ4n) is 3.25. The van der Waals surface area contributed by atoms with Crippen LogP contribution in [0.5, 0.6) is 11.5 Å². The first-order valence-corrected chi connectivity index (χ1v) is 10.4. The quantitative estimate of drug-likeness (QED) is 0.413. The molecule has 27 heavy (non-hydrogen) atoms. The zero-order chi connectivity index (χ0) is 19.5. The van der Waals surface area contributed by atoms with Gasteiger partial charge in [0.1, 0.15) is 11.5 Å². The SMILES string of the molecule is CC=Cc1cc(CCCC)cc(Oc2cc(C=CC)cc(CCCC)c2)c1. The van der Waals surface area contributed by atoms with E-state index in [1.54, 1.807) is 0 Å². The molecule has 2 aromatic rings. The van der Waals surface area contributed by atoms with Gasteiger partial charge in [-0.2, -0.15) is 0 Å². The predicted octanol–water partition coefficient (Wildman–Crippen LogP) is 8.23. The molecule has 0 N–H and O–H groups in total. The minimum absolute atomic E-state index is 0.927. The molecular weight excluding hydrogens is 328 g/mol. The lowest BCUT2D eigenvalue weighted by Gasteiger charge is -2.12. The van der Waals surface area contributed by atoms with Gasteiger partial charge in [-0.1, -0.05) is 63.1 Å². The molecule has 1 heteroatoms. The van der Waals surface area contributed by atoms with Crippen LogP contribution in [0.4, 0.5) is 0 Å². The lowest BCUT2D eigenvalue weighted by Crippen LogP contribution is -1.93. The number of unbranched alkanes of at least 4 members (excludes halogenated alkanes) is 2. The Kier molecular flexibility index (Phi) is 8.91. The summed E-state index contributed by atoms with van der Waals surface area (Å²) in [6.07, 6.45) is 15.5. The summed E-state index contributed by atoms with van der Waals surface area (Å²) < 4.78 is 6.33. The number of ether oxygens (including phenoxy) is 1. The van der Waals surface area contributed by atoms with E-state index in [-0.39, 0.29) is 0 Å². The van der Waals surface area contributed by atoms with E-state index in [2.05, 4.69) is 88.4 Å². The van der Waals surface area contributed by atoms with Crippen molar-refractivity contribution in [3.05, 3.63) is 70.8 Å². The molecule has 0 heterocycles. The van der Waals surface area contributed by atoms with Gasteiger partial charge in [-0.25, -0.2) is 0 Å². The zero-order valence-electron chi connectivity index (χ0n) is 17.4. The molecule has 0 unspecified atom stereocenters. The second-order valence-corrected chi connectivity index (χ2v) is 7.13. The highest BCUT2D eigenvalue weighted by molar-refractivity contribution is 5.56. The Morgan fingerprint density at radius 2 is 1.11 bits per heavy atom. The van der Waals surface area contributed by atoms with Gasteiger partial charge in [-0.3, -0.25) is 0 Å². The molecule has 0 atom stereocenters. The molecule has 2 aromatic carbocycles. The van der Waals surface area contributed by atoms with Crippen molar-refractivity contribution in [1.29, 1.82) is 0 Å². The molecule has 144 valence electrons. The summed E-state index contributed by atoms with van der Waals surface area (Å²) in [7, 11) is 0. The molecule has 0 saturated heterocycles. The number of allylic oxidation sites excluding steroid dienone is 2. The smallest absolute Gasteiger partial charge is 0.128 e. The van der Waals surface area contributed by atoms with E-state index in [4.69, 9.17) is 4.74 Å². The van der Waals surface area contributed by atoms with E-state index in [9.17, 15) is 0 Å². The summed E-state index contributed by atoms with van der Waals surface area (Å²) in [5, 5.41) is 0. The first kappa shape index (κ1) is 21.0. The summed E-state index contributed by atoms with van der Waals surface area (Å²) in [5.41, 5.74) is 5.10. The van der Waals surface area contributed by atoms with Gasteiger partial charge in [0.15, 0.2) is 0 Å². The molecule has 0 radical (unpaired) electrons. The van der Waals surface area contributed by atoms with Crippen LogP contribution in [-0.4, -0.2) is 0 Å². The lowest BCUT2D eigenvalue weighted by atomic mass is 10.0. The van der Waals surface area contributed by atoms with E-state index in [0.717, 1.165) is 24.3 Å². The molecule has 0 amide bonds. The van der Waals surface area contributed by atoms with Crippen molar-refractivity contribution >= 4 is 12.2 Å².